The highest BCUT2D eigenvalue weighted by Gasteiger charge is 2.22. The number of ether oxygens (including phenoxy) is 1. The van der Waals surface area contributed by atoms with Crippen LogP contribution in [0.3, 0.4) is 0 Å². The first-order valence-electron chi connectivity index (χ1n) is 12.1. The van der Waals surface area contributed by atoms with Crippen molar-refractivity contribution < 1.29 is 9.53 Å². The van der Waals surface area contributed by atoms with Gasteiger partial charge in [0, 0.05) is 51.8 Å². The number of carbonyl (C=O) groups excluding carboxylic acids is 1. The van der Waals surface area contributed by atoms with Gasteiger partial charge in [-0.2, -0.15) is 0 Å². The summed E-state index contributed by atoms with van der Waals surface area (Å²) in [7, 11) is 8.99. The van der Waals surface area contributed by atoms with E-state index in [-0.39, 0.29) is 33.0 Å². The first kappa shape index (κ1) is 35.6. The maximum atomic E-state index is 11.6. The van der Waals surface area contributed by atoms with Crippen molar-refractivity contribution in [3.63, 3.8) is 0 Å². The Labute approximate surface area is 266 Å². The zero-order valence-corrected chi connectivity index (χ0v) is 27.1. The van der Waals surface area contributed by atoms with Crippen LogP contribution in [-0.2, 0) is 18.8 Å². The van der Waals surface area contributed by atoms with Crippen molar-refractivity contribution in [3.8, 4) is 22.5 Å². The summed E-state index contributed by atoms with van der Waals surface area (Å²) in [5.74, 6) is 1.87. The van der Waals surface area contributed by atoms with Gasteiger partial charge in [-0.25, -0.2) is 14.8 Å². The number of nitrogens with one attached hydrogen (secondary N) is 1. The lowest BCUT2D eigenvalue weighted by Gasteiger charge is -2.22. The van der Waals surface area contributed by atoms with Gasteiger partial charge >= 0.3 is 6.09 Å². The first-order valence-corrected chi connectivity index (χ1v) is 14.3. The maximum Gasteiger partial charge on any atom is 0.409 e. The molecule has 4 aromatic rings. The predicted octanol–water partition coefficient (Wildman–Crippen LogP) is 7.70. The molecule has 2 aromatic heterocycles. The van der Waals surface area contributed by atoms with E-state index in [0.29, 0.717) is 0 Å². The van der Waals surface area contributed by atoms with Crippen molar-refractivity contribution in [1.82, 2.24) is 29.3 Å². The van der Waals surface area contributed by atoms with Crippen LogP contribution in [-0.4, -0.2) is 51.3 Å². The molecular formula is C30H42I2N6O2. The number of benzene rings is 2. The molecule has 10 heteroatoms. The summed E-state index contributed by atoms with van der Waals surface area (Å²) >= 11 is 4.58. The van der Waals surface area contributed by atoms with E-state index in [4.69, 9.17) is 4.74 Å². The monoisotopic (exact) mass is 772 g/mol. The molecule has 2 heterocycles. The molecule has 1 amide bonds. The van der Waals surface area contributed by atoms with Crippen LogP contribution in [0.15, 0.2) is 60.9 Å². The second-order valence-corrected chi connectivity index (χ2v) is 11.5. The molecule has 0 fully saturated rings. The highest BCUT2D eigenvalue weighted by Crippen LogP contribution is 2.25. The number of aryl methyl sites for hydroxylation is 2. The maximum absolute atomic E-state index is 11.6. The number of amides is 1. The average molecular weight is 773 g/mol. The van der Waals surface area contributed by atoms with Gasteiger partial charge in [0.2, 0.25) is 0 Å². The Morgan fingerprint density at radius 2 is 1.25 bits per heavy atom. The lowest BCUT2D eigenvalue weighted by Crippen LogP contribution is -2.30. The third-order valence-electron chi connectivity index (χ3n) is 6.34. The minimum atomic E-state index is -0.374. The molecule has 0 bridgehead atoms. The second-order valence-electron chi connectivity index (χ2n) is 8.97. The number of hydrogen-bond acceptors (Lipinski definition) is 5. The Hall–Kier alpha value is -2.45. The van der Waals surface area contributed by atoms with Crippen LogP contribution in [0, 0.1) is 7.14 Å². The Morgan fingerprint density at radius 1 is 0.850 bits per heavy atom. The van der Waals surface area contributed by atoms with E-state index < -0.39 is 0 Å². The van der Waals surface area contributed by atoms with Gasteiger partial charge in [-0.15, -0.1) is 0 Å². The van der Waals surface area contributed by atoms with Gasteiger partial charge in [0.25, 0.3) is 0 Å². The fourth-order valence-corrected chi connectivity index (χ4v) is 4.59. The van der Waals surface area contributed by atoms with Crippen molar-refractivity contribution in [3.05, 3.63) is 79.7 Å². The lowest BCUT2D eigenvalue weighted by atomic mass is 10.2. The SMILES string of the molecule is C.C.CN[C@H](C)c1nc(-c2ccc(I)cc2)cn1C.COC(=O)N(C)[C@H](C)c1nc(-c2ccc(I)cc2)cn1C. The molecule has 0 saturated heterocycles. The Morgan fingerprint density at radius 3 is 1.65 bits per heavy atom. The van der Waals surface area contributed by atoms with Crippen LogP contribution >= 0.6 is 45.2 Å². The molecule has 2 aromatic carbocycles. The highest BCUT2D eigenvalue weighted by atomic mass is 127. The van der Waals surface area contributed by atoms with Crippen molar-refractivity contribution in [2.24, 2.45) is 14.1 Å². The van der Waals surface area contributed by atoms with E-state index in [1.165, 1.54) is 19.2 Å². The van der Waals surface area contributed by atoms with E-state index in [2.05, 4.69) is 102 Å². The molecule has 40 heavy (non-hydrogen) atoms. The van der Waals surface area contributed by atoms with Crippen LogP contribution in [0.25, 0.3) is 22.5 Å². The minimum Gasteiger partial charge on any atom is -0.453 e. The van der Waals surface area contributed by atoms with Gasteiger partial charge in [0.15, 0.2) is 0 Å². The van der Waals surface area contributed by atoms with Crippen molar-refractivity contribution in [2.75, 3.05) is 21.2 Å². The van der Waals surface area contributed by atoms with Gasteiger partial charge in [-0.3, -0.25) is 0 Å². The molecule has 0 unspecified atom stereocenters. The topological polar surface area (TPSA) is 77.2 Å². The zero-order valence-electron chi connectivity index (χ0n) is 22.7. The number of halogens is 2. The van der Waals surface area contributed by atoms with Crippen LogP contribution in [0.4, 0.5) is 4.79 Å². The van der Waals surface area contributed by atoms with Crippen LogP contribution in [0.2, 0.25) is 0 Å². The smallest absolute Gasteiger partial charge is 0.409 e. The zero-order chi connectivity index (χ0) is 28.0. The Balaban J connectivity index is 0.000000388. The molecule has 8 nitrogen and oxygen atoms in total. The summed E-state index contributed by atoms with van der Waals surface area (Å²) in [4.78, 5) is 22.5. The van der Waals surface area contributed by atoms with E-state index >= 15 is 0 Å². The Kier molecular flexibility index (Phi) is 14.3. The number of aromatic nitrogens is 4. The van der Waals surface area contributed by atoms with E-state index in [9.17, 15) is 4.79 Å². The lowest BCUT2D eigenvalue weighted by molar-refractivity contribution is 0.118. The number of hydrogen-bond donors (Lipinski definition) is 1. The van der Waals surface area contributed by atoms with Gasteiger partial charge < -0.3 is 24.1 Å². The molecule has 218 valence electrons. The second kappa shape index (κ2) is 16.1. The standard InChI is InChI=1S/C15H18IN3O2.C13H16IN3.2CH4/c1-10(19(3)15(20)21-4)14-17-13(9-18(14)2)11-5-7-12(16)8-6-11;1-9(15-2)13-16-12(8-17(13)3)10-4-6-11(14)7-5-10;;/h5-10H,1-4H3;4-9,15H,1-3H3;2*1H4/t10-;9-;;/m11../s1. The average Bonchev–Trinajstić information content (AvgIpc) is 3.50. The summed E-state index contributed by atoms with van der Waals surface area (Å²) in [5, 5.41) is 3.21. The normalized spacial score (nSPS) is 11.7. The fourth-order valence-electron chi connectivity index (χ4n) is 3.88. The molecule has 4 rings (SSSR count). The van der Waals surface area contributed by atoms with E-state index in [1.807, 2.05) is 63.1 Å². The largest absolute Gasteiger partial charge is 0.453 e. The molecular weight excluding hydrogens is 730 g/mol. The fraction of sp³-hybridized carbons (Fsp3) is 0.367. The van der Waals surface area contributed by atoms with E-state index in [0.717, 1.165) is 34.2 Å². The van der Waals surface area contributed by atoms with Gasteiger partial charge in [0.1, 0.15) is 11.6 Å². The number of nitrogens with zero attached hydrogens (tertiary/aromatic N) is 5. The number of carbonyl (C=O) groups is 1. The molecule has 0 spiro atoms. The molecule has 0 saturated carbocycles. The summed E-state index contributed by atoms with van der Waals surface area (Å²) < 4.78 is 11.2. The Bertz CT molecular complexity index is 1350. The van der Waals surface area contributed by atoms with Crippen LogP contribution < -0.4 is 5.32 Å². The third-order valence-corrected chi connectivity index (χ3v) is 7.78. The minimum absolute atomic E-state index is 0. The van der Waals surface area contributed by atoms with Crippen molar-refractivity contribution >= 4 is 51.3 Å². The third kappa shape index (κ3) is 8.77. The van der Waals surface area contributed by atoms with Crippen molar-refractivity contribution in [2.45, 2.75) is 40.8 Å². The molecule has 0 aliphatic heterocycles. The first-order chi connectivity index (χ1) is 18.0. The summed E-state index contributed by atoms with van der Waals surface area (Å²) in [6.07, 6.45) is 3.67. The number of imidazole rings is 2. The summed E-state index contributed by atoms with van der Waals surface area (Å²) in [6.45, 7) is 4.04. The van der Waals surface area contributed by atoms with Crippen LogP contribution in [0.1, 0.15) is 52.4 Å². The van der Waals surface area contributed by atoms with Gasteiger partial charge in [0.05, 0.1) is 30.6 Å². The predicted molar refractivity (Wildman–Crippen MR) is 182 cm³/mol. The summed E-state index contributed by atoms with van der Waals surface area (Å²) in [6, 6.07) is 16.7. The molecule has 0 radical (unpaired) electrons. The van der Waals surface area contributed by atoms with E-state index in [1.54, 1.807) is 7.05 Å². The molecule has 0 aliphatic rings. The van der Waals surface area contributed by atoms with Crippen molar-refractivity contribution in [1.29, 1.82) is 0 Å². The van der Waals surface area contributed by atoms with Gasteiger partial charge in [-0.05, 0) is 90.3 Å². The van der Waals surface area contributed by atoms with Crippen LogP contribution in [0.5, 0.6) is 0 Å². The number of methoxy groups -OCH3 is 1. The highest BCUT2D eigenvalue weighted by molar-refractivity contribution is 14.1. The number of rotatable bonds is 6. The molecule has 1 N–H and O–H groups in total. The quantitative estimate of drug-likeness (QED) is 0.204. The molecule has 0 aliphatic carbocycles. The molecule has 2 atom stereocenters. The van der Waals surface area contributed by atoms with Gasteiger partial charge in [-0.1, -0.05) is 39.1 Å². The summed E-state index contributed by atoms with van der Waals surface area (Å²) in [5.41, 5.74) is 4.15.